The van der Waals surface area contributed by atoms with Crippen molar-refractivity contribution in [1.82, 2.24) is 5.32 Å². The molecule has 2 unspecified atom stereocenters. The number of hydrogen-bond acceptors (Lipinski definition) is 3. The maximum absolute atomic E-state index is 12.0. The molecule has 20 heavy (non-hydrogen) atoms. The van der Waals surface area contributed by atoms with Crippen molar-refractivity contribution in [3.8, 4) is 0 Å². The Morgan fingerprint density at radius 3 is 2.05 bits per heavy atom. The van der Waals surface area contributed by atoms with E-state index in [9.17, 15) is 4.79 Å². The highest BCUT2D eigenvalue weighted by atomic mass is 32.1. The van der Waals surface area contributed by atoms with E-state index in [4.69, 9.17) is 0 Å². The second-order valence-electron chi connectivity index (χ2n) is 5.18. The molecule has 0 fully saturated rings. The topological polar surface area (TPSA) is 29.1 Å². The molecule has 0 amide bonds. The molecule has 0 heterocycles. The number of rotatable bonds is 6. The van der Waals surface area contributed by atoms with E-state index in [0.717, 1.165) is 5.56 Å². The Morgan fingerprint density at radius 2 is 1.65 bits per heavy atom. The normalized spacial score (nSPS) is 13.3. The maximum Gasteiger partial charge on any atom is 0.150 e. The van der Waals surface area contributed by atoms with E-state index in [-0.39, 0.29) is 23.1 Å². The highest BCUT2D eigenvalue weighted by Crippen LogP contribution is 2.25. The zero-order valence-corrected chi connectivity index (χ0v) is 14.3. The first-order valence-electron chi connectivity index (χ1n) is 7.49. The molecule has 0 bridgehead atoms. The molecule has 3 heteroatoms. The van der Waals surface area contributed by atoms with Crippen LogP contribution in [0.2, 0.25) is 0 Å². The predicted molar refractivity (Wildman–Crippen MR) is 91.5 cm³/mol. The highest BCUT2D eigenvalue weighted by Gasteiger charge is 2.25. The summed E-state index contributed by atoms with van der Waals surface area (Å²) in [5.41, 5.74) is 1.08. The number of benzene rings is 1. The molecule has 1 aromatic rings. The third-order valence-corrected chi connectivity index (χ3v) is 3.26. The van der Waals surface area contributed by atoms with Crippen molar-refractivity contribution in [2.75, 3.05) is 0 Å². The molecule has 2 nitrogen and oxygen atoms in total. The van der Waals surface area contributed by atoms with Gasteiger partial charge in [0, 0.05) is 17.7 Å². The number of Topliss-reactive ketones (excluding diaryl/α,β-unsaturated/α-hetero) is 1. The number of carbonyl (C=O) groups excluding carboxylic acids is 1. The van der Waals surface area contributed by atoms with Gasteiger partial charge in [-0.2, -0.15) is 12.6 Å². The van der Waals surface area contributed by atoms with E-state index in [1.54, 1.807) is 0 Å². The molecule has 0 aromatic heterocycles. The average Bonchev–Trinajstić information content (AvgIpc) is 2.45. The summed E-state index contributed by atoms with van der Waals surface area (Å²) in [4.78, 5) is 12.0. The van der Waals surface area contributed by atoms with E-state index < -0.39 is 0 Å². The Kier molecular flexibility index (Phi) is 10.5. The SMILES string of the molecule is CCC.CCC(=O)C(NC(C)C)C(S)c1ccccc1. The summed E-state index contributed by atoms with van der Waals surface area (Å²) < 4.78 is 0. The van der Waals surface area contributed by atoms with Crippen LogP contribution in [0.4, 0.5) is 0 Å². The minimum Gasteiger partial charge on any atom is -0.304 e. The van der Waals surface area contributed by atoms with Gasteiger partial charge in [0.1, 0.15) is 0 Å². The van der Waals surface area contributed by atoms with Gasteiger partial charge in [0.25, 0.3) is 0 Å². The van der Waals surface area contributed by atoms with E-state index in [1.807, 2.05) is 51.1 Å². The molecular formula is C17H29NOS. The van der Waals surface area contributed by atoms with Gasteiger partial charge < -0.3 is 5.32 Å². The standard InChI is InChI=1S/C14H21NOS.C3H8/c1-4-12(16)13(15-10(2)3)14(17)11-8-6-5-7-9-11;1-3-2/h5-10,13-15,17H,4H2,1-3H3;3H2,1-2H3. The third-order valence-electron chi connectivity index (χ3n) is 2.67. The van der Waals surface area contributed by atoms with Gasteiger partial charge in [-0.3, -0.25) is 4.79 Å². The van der Waals surface area contributed by atoms with Crippen molar-refractivity contribution in [3.05, 3.63) is 35.9 Å². The minimum absolute atomic E-state index is 0.0916. The van der Waals surface area contributed by atoms with Crippen molar-refractivity contribution in [3.63, 3.8) is 0 Å². The van der Waals surface area contributed by atoms with Gasteiger partial charge in [-0.1, -0.05) is 71.4 Å². The van der Waals surface area contributed by atoms with Crippen molar-refractivity contribution in [1.29, 1.82) is 0 Å². The molecule has 0 aliphatic rings. The zero-order chi connectivity index (χ0) is 15.5. The molecule has 0 saturated heterocycles. The Morgan fingerprint density at radius 1 is 1.15 bits per heavy atom. The van der Waals surface area contributed by atoms with E-state index >= 15 is 0 Å². The summed E-state index contributed by atoms with van der Waals surface area (Å²) in [6, 6.07) is 9.99. The fourth-order valence-electron chi connectivity index (χ4n) is 1.78. The number of ketones is 1. The third kappa shape index (κ3) is 7.11. The lowest BCUT2D eigenvalue weighted by molar-refractivity contribution is -0.120. The summed E-state index contributed by atoms with van der Waals surface area (Å²) in [5.74, 6) is 0.211. The molecule has 0 radical (unpaired) electrons. The van der Waals surface area contributed by atoms with Crippen molar-refractivity contribution in [2.24, 2.45) is 0 Å². The van der Waals surface area contributed by atoms with Gasteiger partial charge in [0.15, 0.2) is 5.78 Å². The number of thiol groups is 1. The van der Waals surface area contributed by atoms with Crippen molar-refractivity contribution in [2.45, 2.75) is 64.8 Å². The molecular weight excluding hydrogens is 266 g/mol. The van der Waals surface area contributed by atoms with Gasteiger partial charge in [0.05, 0.1) is 6.04 Å². The van der Waals surface area contributed by atoms with Gasteiger partial charge in [0.2, 0.25) is 0 Å². The molecule has 1 aromatic carbocycles. The van der Waals surface area contributed by atoms with Crippen LogP contribution in [0, 0.1) is 0 Å². The van der Waals surface area contributed by atoms with E-state index in [0.29, 0.717) is 6.42 Å². The van der Waals surface area contributed by atoms with Gasteiger partial charge in [-0.15, -0.1) is 0 Å². The summed E-state index contributed by atoms with van der Waals surface area (Å²) in [5, 5.41) is 3.21. The van der Waals surface area contributed by atoms with Crippen molar-refractivity contribution >= 4 is 18.4 Å². The zero-order valence-electron chi connectivity index (χ0n) is 13.4. The van der Waals surface area contributed by atoms with Crippen LogP contribution in [0.1, 0.15) is 58.3 Å². The van der Waals surface area contributed by atoms with Crippen LogP contribution in [0.15, 0.2) is 30.3 Å². The van der Waals surface area contributed by atoms with Crippen LogP contribution >= 0.6 is 12.6 Å². The molecule has 0 spiro atoms. The Bertz CT molecular complexity index is 365. The number of carbonyl (C=O) groups is 1. The summed E-state index contributed by atoms with van der Waals surface area (Å²) in [6.45, 7) is 10.2. The molecule has 0 saturated carbocycles. The maximum atomic E-state index is 12.0. The van der Waals surface area contributed by atoms with Crippen LogP contribution in [0.3, 0.4) is 0 Å². The smallest absolute Gasteiger partial charge is 0.150 e. The van der Waals surface area contributed by atoms with Crippen LogP contribution in [-0.4, -0.2) is 17.9 Å². The summed E-state index contributed by atoms with van der Waals surface area (Å²) in [7, 11) is 0. The second-order valence-corrected chi connectivity index (χ2v) is 5.74. The summed E-state index contributed by atoms with van der Waals surface area (Å²) >= 11 is 4.60. The molecule has 2 atom stereocenters. The fourth-order valence-corrected chi connectivity index (χ4v) is 2.21. The predicted octanol–water partition coefficient (Wildman–Crippen LogP) is 4.42. The molecule has 0 aliphatic carbocycles. The Hall–Kier alpha value is -0.800. The van der Waals surface area contributed by atoms with E-state index in [2.05, 4.69) is 31.8 Å². The average molecular weight is 295 g/mol. The summed E-state index contributed by atoms with van der Waals surface area (Å²) in [6.07, 6.45) is 1.79. The van der Waals surface area contributed by atoms with Crippen LogP contribution in [0.5, 0.6) is 0 Å². The van der Waals surface area contributed by atoms with Gasteiger partial charge >= 0.3 is 0 Å². The second kappa shape index (κ2) is 10.9. The number of nitrogens with one attached hydrogen (secondary N) is 1. The molecule has 114 valence electrons. The lowest BCUT2D eigenvalue weighted by atomic mass is 9.99. The van der Waals surface area contributed by atoms with Gasteiger partial charge in [-0.05, 0) is 5.56 Å². The van der Waals surface area contributed by atoms with E-state index in [1.165, 1.54) is 6.42 Å². The van der Waals surface area contributed by atoms with Crippen LogP contribution in [0.25, 0.3) is 0 Å². The number of hydrogen-bond donors (Lipinski definition) is 2. The minimum atomic E-state index is -0.217. The Balaban J connectivity index is 0.00000110. The molecule has 1 rings (SSSR count). The van der Waals surface area contributed by atoms with Crippen LogP contribution < -0.4 is 5.32 Å². The first kappa shape index (κ1) is 19.2. The Labute approximate surface area is 129 Å². The lowest BCUT2D eigenvalue weighted by Gasteiger charge is -2.25. The monoisotopic (exact) mass is 295 g/mol. The molecule has 0 aliphatic heterocycles. The quantitative estimate of drug-likeness (QED) is 0.761. The van der Waals surface area contributed by atoms with Crippen molar-refractivity contribution < 1.29 is 4.79 Å². The first-order chi connectivity index (χ1) is 9.47. The molecule has 1 N–H and O–H groups in total. The fraction of sp³-hybridized carbons (Fsp3) is 0.588. The largest absolute Gasteiger partial charge is 0.304 e. The lowest BCUT2D eigenvalue weighted by Crippen LogP contribution is -2.43. The first-order valence-corrected chi connectivity index (χ1v) is 8.01. The highest BCUT2D eigenvalue weighted by molar-refractivity contribution is 7.80. The van der Waals surface area contributed by atoms with Crippen LogP contribution in [-0.2, 0) is 4.79 Å². The van der Waals surface area contributed by atoms with Gasteiger partial charge in [-0.25, -0.2) is 0 Å².